The van der Waals surface area contributed by atoms with Crippen LogP contribution in [0.25, 0.3) is 0 Å². The van der Waals surface area contributed by atoms with Gasteiger partial charge in [0, 0.05) is 16.9 Å². The first-order valence-corrected chi connectivity index (χ1v) is 9.71. The van der Waals surface area contributed by atoms with E-state index in [1.807, 2.05) is 18.4 Å². The van der Waals surface area contributed by atoms with Crippen molar-refractivity contribution < 1.29 is 9.53 Å². The molecule has 1 aromatic heterocycles. The second-order valence-electron chi connectivity index (χ2n) is 6.23. The zero-order valence-electron chi connectivity index (χ0n) is 14.3. The minimum atomic E-state index is -0.216. The third kappa shape index (κ3) is 5.42. The Balaban J connectivity index is 1.46. The lowest BCUT2D eigenvalue weighted by Crippen LogP contribution is -2.29. The van der Waals surface area contributed by atoms with Crippen molar-refractivity contribution in [3.8, 4) is 5.75 Å². The van der Waals surface area contributed by atoms with Gasteiger partial charge in [-0.3, -0.25) is 15.0 Å². The molecule has 2 aromatic rings. The number of piperidine rings is 1. The number of anilines is 1. The van der Waals surface area contributed by atoms with Crippen LogP contribution in [0.5, 0.6) is 5.75 Å². The van der Waals surface area contributed by atoms with E-state index in [-0.39, 0.29) is 12.5 Å². The van der Waals surface area contributed by atoms with Crippen LogP contribution in [0, 0.1) is 6.92 Å². The van der Waals surface area contributed by atoms with Crippen LogP contribution in [0.1, 0.15) is 30.5 Å². The monoisotopic (exact) mass is 379 g/mol. The van der Waals surface area contributed by atoms with Crippen molar-refractivity contribution in [1.82, 2.24) is 9.88 Å². The molecule has 3 rings (SSSR count). The Kier molecular flexibility index (Phi) is 6.29. The number of hydrogen-bond donors (Lipinski definition) is 1. The number of carbonyl (C=O) groups is 1. The first kappa shape index (κ1) is 18.2. The number of aromatic nitrogens is 1. The first-order valence-electron chi connectivity index (χ1n) is 8.46. The van der Waals surface area contributed by atoms with Gasteiger partial charge in [-0.05, 0) is 56.6 Å². The van der Waals surface area contributed by atoms with Gasteiger partial charge < -0.3 is 4.74 Å². The highest BCUT2D eigenvalue weighted by Crippen LogP contribution is 2.21. The summed E-state index contributed by atoms with van der Waals surface area (Å²) in [5.74, 6) is 0.411. The second kappa shape index (κ2) is 8.65. The smallest absolute Gasteiger partial charge is 0.264 e. The molecule has 1 aliphatic rings. The lowest BCUT2D eigenvalue weighted by Gasteiger charge is -2.25. The summed E-state index contributed by atoms with van der Waals surface area (Å²) in [6, 6.07) is 5.33. The number of halogens is 1. The van der Waals surface area contributed by atoms with Crippen LogP contribution in [0.2, 0.25) is 5.02 Å². The van der Waals surface area contributed by atoms with Crippen LogP contribution in [-0.4, -0.2) is 35.5 Å². The quantitative estimate of drug-likeness (QED) is 0.820. The van der Waals surface area contributed by atoms with E-state index in [0.717, 1.165) is 30.9 Å². The minimum Gasteiger partial charge on any atom is -0.484 e. The Morgan fingerprint density at radius 1 is 1.36 bits per heavy atom. The Morgan fingerprint density at radius 3 is 2.92 bits per heavy atom. The van der Waals surface area contributed by atoms with Crippen LogP contribution < -0.4 is 10.1 Å². The number of hydrogen-bond acceptors (Lipinski definition) is 5. The predicted molar refractivity (Wildman–Crippen MR) is 102 cm³/mol. The van der Waals surface area contributed by atoms with E-state index in [1.165, 1.54) is 30.6 Å². The number of nitrogens with zero attached hydrogens (tertiary/aromatic N) is 2. The summed E-state index contributed by atoms with van der Waals surface area (Å²) in [5, 5.41) is 6.10. The van der Waals surface area contributed by atoms with E-state index in [4.69, 9.17) is 16.3 Å². The summed E-state index contributed by atoms with van der Waals surface area (Å²) < 4.78 is 5.50. The van der Waals surface area contributed by atoms with Gasteiger partial charge in [-0.2, -0.15) is 0 Å². The van der Waals surface area contributed by atoms with E-state index >= 15 is 0 Å². The second-order valence-corrected chi connectivity index (χ2v) is 7.49. The highest BCUT2D eigenvalue weighted by atomic mass is 35.5. The summed E-state index contributed by atoms with van der Waals surface area (Å²) in [5.41, 5.74) is 1.93. The van der Waals surface area contributed by atoms with Crippen molar-refractivity contribution in [2.24, 2.45) is 0 Å². The van der Waals surface area contributed by atoms with Crippen molar-refractivity contribution in [2.45, 2.75) is 32.7 Å². The Morgan fingerprint density at radius 2 is 2.16 bits per heavy atom. The SMILES string of the molecule is Cc1cc(OCC(=O)Nc2nc(CN3CCCCC3)cs2)ccc1Cl. The molecule has 0 unspecified atom stereocenters. The molecule has 0 atom stereocenters. The number of rotatable bonds is 6. The first-order chi connectivity index (χ1) is 12.1. The van der Waals surface area contributed by atoms with Gasteiger partial charge in [-0.1, -0.05) is 18.0 Å². The average Bonchev–Trinajstić information content (AvgIpc) is 3.03. The van der Waals surface area contributed by atoms with Crippen LogP contribution in [0.15, 0.2) is 23.6 Å². The summed E-state index contributed by atoms with van der Waals surface area (Å²) in [6.45, 7) is 4.96. The number of thiazole rings is 1. The number of benzene rings is 1. The number of amides is 1. The summed E-state index contributed by atoms with van der Waals surface area (Å²) in [4.78, 5) is 18.9. The minimum absolute atomic E-state index is 0.0535. The molecule has 0 radical (unpaired) electrons. The zero-order chi connectivity index (χ0) is 17.6. The highest BCUT2D eigenvalue weighted by molar-refractivity contribution is 7.13. The van der Waals surface area contributed by atoms with Crippen molar-refractivity contribution in [2.75, 3.05) is 25.0 Å². The van der Waals surface area contributed by atoms with Gasteiger partial charge in [0.15, 0.2) is 11.7 Å². The Labute approximate surface area is 157 Å². The number of likely N-dealkylation sites (tertiary alicyclic amines) is 1. The van der Waals surface area contributed by atoms with E-state index in [1.54, 1.807) is 12.1 Å². The van der Waals surface area contributed by atoms with Gasteiger partial charge in [0.25, 0.3) is 5.91 Å². The van der Waals surface area contributed by atoms with Crippen LogP contribution in [-0.2, 0) is 11.3 Å². The Bertz CT molecular complexity index is 729. The molecule has 25 heavy (non-hydrogen) atoms. The maximum absolute atomic E-state index is 12.0. The summed E-state index contributed by atoms with van der Waals surface area (Å²) in [6.07, 6.45) is 3.84. The molecule has 1 amide bonds. The molecule has 1 aliphatic heterocycles. The van der Waals surface area contributed by atoms with Gasteiger partial charge in [-0.15, -0.1) is 11.3 Å². The molecule has 2 heterocycles. The molecule has 0 saturated carbocycles. The lowest BCUT2D eigenvalue weighted by molar-refractivity contribution is -0.118. The van der Waals surface area contributed by atoms with Crippen molar-refractivity contribution in [3.63, 3.8) is 0 Å². The molecular weight excluding hydrogens is 358 g/mol. The molecule has 134 valence electrons. The van der Waals surface area contributed by atoms with Crippen LogP contribution in [0.3, 0.4) is 0 Å². The third-order valence-electron chi connectivity index (χ3n) is 4.13. The molecule has 1 fully saturated rings. The van der Waals surface area contributed by atoms with Crippen molar-refractivity contribution in [1.29, 1.82) is 0 Å². The lowest BCUT2D eigenvalue weighted by atomic mass is 10.1. The van der Waals surface area contributed by atoms with Gasteiger partial charge in [0.1, 0.15) is 5.75 Å². The van der Waals surface area contributed by atoms with E-state index < -0.39 is 0 Å². The van der Waals surface area contributed by atoms with Gasteiger partial charge in [0.2, 0.25) is 0 Å². The fraction of sp³-hybridized carbons (Fsp3) is 0.444. The molecule has 0 spiro atoms. The summed E-state index contributed by atoms with van der Waals surface area (Å²) in [7, 11) is 0. The van der Waals surface area contributed by atoms with Crippen LogP contribution in [0.4, 0.5) is 5.13 Å². The molecule has 1 saturated heterocycles. The predicted octanol–water partition coefficient (Wildman–Crippen LogP) is 4.11. The van der Waals surface area contributed by atoms with Gasteiger partial charge in [0.05, 0.1) is 5.69 Å². The number of ether oxygens (including phenoxy) is 1. The molecule has 1 aromatic carbocycles. The maximum Gasteiger partial charge on any atom is 0.264 e. The van der Waals surface area contributed by atoms with Crippen LogP contribution >= 0.6 is 22.9 Å². The van der Waals surface area contributed by atoms with Crippen molar-refractivity contribution >= 4 is 34.0 Å². The van der Waals surface area contributed by atoms with Gasteiger partial charge >= 0.3 is 0 Å². The van der Waals surface area contributed by atoms with Gasteiger partial charge in [-0.25, -0.2) is 4.98 Å². The molecule has 5 nitrogen and oxygen atoms in total. The average molecular weight is 380 g/mol. The number of carbonyl (C=O) groups excluding carboxylic acids is 1. The normalized spacial score (nSPS) is 15.1. The fourth-order valence-corrected chi connectivity index (χ4v) is 3.63. The standard InChI is InChI=1S/C18H22ClN3O2S/c1-13-9-15(5-6-16(13)19)24-11-17(23)21-18-20-14(12-25-18)10-22-7-3-2-4-8-22/h5-6,9,12H,2-4,7-8,10-11H2,1H3,(H,20,21,23). The van der Waals surface area contributed by atoms with Crippen molar-refractivity contribution in [3.05, 3.63) is 39.9 Å². The van der Waals surface area contributed by atoms with E-state index in [9.17, 15) is 4.79 Å². The highest BCUT2D eigenvalue weighted by Gasteiger charge is 2.13. The fourth-order valence-electron chi connectivity index (χ4n) is 2.79. The topological polar surface area (TPSA) is 54.5 Å². The number of nitrogens with one attached hydrogen (secondary N) is 1. The largest absolute Gasteiger partial charge is 0.484 e. The maximum atomic E-state index is 12.0. The molecular formula is C18H22ClN3O2S. The molecule has 7 heteroatoms. The zero-order valence-corrected chi connectivity index (χ0v) is 15.8. The number of aryl methyl sites for hydroxylation is 1. The summed E-state index contributed by atoms with van der Waals surface area (Å²) >= 11 is 7.43. The molecule has 0 bridgehead atoms. The Hall–Kier alpha value is -1.63. The van der Waals surface area contributed by atoms with E-state index in [0.29, 0.717) is 15.9 Å². The van der Waals surface area contributed by atoms with E-state index in [2.05, 4.69) is 15.2 Å². The third-order valence-corrected chi connectivity index (χ3v) is 5.36. The molecule has 1 N–H and O–H groups in total. The molecule has 0 aliphatic carbocycles.